The summed E-state index contributed by atoms with van der Waals surface area (Å²) in [5, 5.41) is 7.91. The first kappa shape index (κ1) is 44.4. The molecule has 16 nitrogen and oxygen atoms in total. The van der Waals surface area contributed by atoms with Crippen LogP contribution in [0.25, 0.3) is 0 Å². The maximum atomic E-state index is 14.8. The molecule has 0 aliphatic carbocycles. The zero-order chi connectivity index (χ0) is 45.2. The van der Waals surface area contributed by atoms with E-state index < -0.39 is 29.5 Å². The number of hydrogen-bond acceptors (Lipinski definition) is 11. The molecule has 4 aromatic rings. The molecule has 0 radical (unpaired) electrons. The van der Waals surface area contributed by atoms with E-state index in [4.69, 9.17) is 23.9 Å². The summed E-state index contributed by atoms with van der Waals surface area (Å²) in [5.74, 6) is 3.74. The summed E-state index contributed by atoms with van der Waals surface area (Å²) in [5.41, 5.74) is 3.53. The molecule has 0 spiro atoms. The smallest absolute Gasteiger partial charge is 0.256 e. The fourth-order valence-corrected chi connectivity index (χ4v) is 8.42. The van der Waals surface area contributed by atoms with Crippen molar-refractivity contribution < 1.29 is 47.7 Å². The van der Waals surface area contributed by atoms with Crippen LogP contribution in [-0.4, -0.2) is 115 Å². The molecule has 4 aliphatic heterocycles. The Balaban J connectivity index is 0.741. The second-order valence-electron chi connectivity index (χ2n) is 15.9. The highest BCUT2D eigenvalue weighted by Crippen LogP contribution is 2.46. The number of ether oxygens (including phenoxy) is 4. The van der Waals surface area contributed by atoms with Crippen molar-refractivity contribution in [2.24, 2.45) is 4.99 Å². The number of nitrogens with zero attached hydrogens (tertiary/aromatic N) is 3. The third-order valence-corrected chi connectivity index (χ3v) is 11.5. The lowest BCUT2D eigenvalue weighted by atomic mass is 9.81. The fourth-order valence-electron chi connectivity index (χ4n) is 8.42. The van der Waals surface area contributed by atoms with E-state index >= 15 is 0 Å². The summed E-state index contributed by atoms with van der Waals surface area (Å²) in [7, 11) is 0. The summed E-state index contributed by atoms with van der Waals surface area (Å²) < 4.78 is 23.1. The number of carbonyl (C=O) groups excluding carboxylic acids is 6. The molecule has 334 valence electrons. The predicted molar refractivity (Wildman–Crippen MR) is 236 cm³/mol. The van der Waals surface area contributed by atoms with Crippen LogP contribution in [0, 0.1) is 11.8 Å². The molecular weight excluding hydrogens is 833 g/mol. The minimum atomic E-state index is -1.34. The van der Waals surface area contributed by atoms with E-state index in [0.717, 1.165) is 22.3 Å². The van der Waals surface area contributed by atoms with Crippen LogP contribution in [0.1, 0.15) is 57.1 Å². The van der Waals surface area contributed by atoms with Crippen LogP contribution in [0.2, 0.25) is 0 Å². The lowest BCUT2D eigenvalue weighted by molar-refractivity contribution is -0.143. The molecule has 1 unspecified atom stereocenters. The maximum absolute atomic E-state index is 14.8. The topological polar surface area (TPSA) is 194 Å². The van der Waals surface area contributed by atoms with E-state index in [-0.39, 0.29) is 109 Å². The first-order valence-electron chi connectivity index (χ1n) is 21.5. The highest BCUT2D eigenvalue weighted by atomic mass is 16.5. The third-order valence-electron chi connectivity index (χ3n) is 11.5. The molecule has 4 heterocycles. The quantitative estimate of drug-likeness (QED) is 0.0807. The van der Waals surface area contributed by atoms with E-state index in [1.165, 1.54) is 4.90 Å². The SMILES string of the molecule is O=C(CN1Cc2ccccc2[C@@H]2OC(c3ccccc3)=N[C@]2(Cc2ccccc2)C1=O)NCCOCCOCC#CCOCC(=O)Nc1cccc2c1CN(C1CCC(=O)NC1=O)C2=O. The summed E-state index contributed by atoms with van der Waals surface area (Å²) in [6.45, 7) is 0.993. The van der Waals surface area contributed by atoms with Gasteiger partial charge in [-0.1, -0.05) is 90.7 Å². The predicted octanol–water partition coefficient (Wildman–Crippen LogP) is 3.10. The van der Waals surface area contributed by atoms with Crippen molar-refractivity contribution in [2.45, 2.75) is 50.0 Å². The van der Waals surface area contributed by atoms with Crippen molar-refractivity contribution in [2.75, 3.05) is 58.0 Å². The van der Waals surface area contributed by atoms with Gasteiger partial charge in [-0.2, -0.15) is 0 Å². The summed E-state index contributed by atoms with van der Waals surface area (Å²) in [6, 6.07) is 31.2. The minimum Gasteiger partial charge on any atom is -0.466 e. The number of piperidine rings is 1. The maximum Gasteiger partial charge on any atom is 0.256 e. The number of carbonyl (C=O) groups is 6. The Morgan fingerprint density at radius 2 is 1.55 bits per heavy atom. The fraction of sp³-hybridized carbons (Fsp3) is 0.327. The van der Waals surface area contributed by atoms with Crippen LogP contribution < -0.4 is 16.0 Å². The van der Waals surface area contributed by atoms with Crippen LogP contribution in [0.3, 0.4) is 0 Å². The lowest BCUT2D eigenvalue weighted by Gasteiger charge is -2.32. The third kappa shape index (κ3) is 10.3. The monoisotopic (exact) mass is 880 g/mol. The Kier molecular flexibility index (Phi) is 14.0. The van der Waals surface area contributed by atoms with Crippen molar-refractivity contribution in [3.05, 3.63) is 137 Å². The Morgan fingerprint density at radius 1 is 0.815 bits per heavy atom. The number of anilines is 1. The molecule has 0 aromatic heterocycles. The molecule has 65 heavy (non-hydrogen) atoms. The summed E-state index contributed by atoms with van der Waals surface area (Å²) >= 11 is 0. The van der Waals surface area contributed by atoms with E-state index in [1.807, 2.05) is 84.9 Å². The van der Waals surface area contributed by atoms with E-state index in [1.54, 1.807) is 23.1 Å². The van der Waals surface area contributed by atoms with Crippen molar-refractivity contribution >= 4 is 47.0 Å². The minimum absolute atomic E-state index is 0.0124. The lowest BCUT2D eigenvalue weighted by Crippen LogP contribution is -2.52. The molecule has 3 N–H and O–H groups in total. The van der Waals surface area contributed by atoms with Crippen LogP contribution >= 0.6 is 0 Å². The first-order valence-corrected chi connectivity index (χ1v) is 21.5. The van der Waals surface area contributed by atoms with Crippen LogP contribution in [-0.2, 0) is 62.4 Å². The molecule has 0 bridgehead atoms. The van der Waals surface area contributed by atoms with Gasteiger partial charge < -0.3 is 39.4 Å². The van der Waals surface area contributed by atoms with Gasteiger partial charge in [-0.05, 0) is 41.8 Å². The molecule has 3 atom stereocenters. The van der Waals surface area contributed by atoms with E-state index in [2.05, 4.69) is 27.8 Å². The zero-order valence-electron chi connectivity index (χ0n) is 35.6. The number of aliphatic imine (C=N–C) groups is 1. The normalized spacial score (nSPS) is 19.7. The largest absolute Gasteiger partial charge is 0.466 e. The number of imide groups is 1. The van der Waals surface area contributed by atoms with Gasteiger partial charge in [0.15, 0.2) is 11.6 Å². The van der Waals surface area contributed by atoms with Gasteiger partial charge in [-0.25, -0.2) is 4.99 Å². The molecule has 1 fully saturated rings. The molecule has 8 rings (SSSR count). The van der Waals surface area contributed by atoms with Gasteiger partial charge in [-0.3, -0.25) is 34.1 Å². The Labute approximate surface area is 375 Å². The van der Waals surface area contributed by atoms with Crippen molar-refractivity contribution in [3.8, 4) is 11.8 Å². The number of fused-ring (bicyclic) bond motifs is 4. The van der Waals surface area contributed by atoms with Gasteiger partial charge in [0.25, 0.3) is 11.8 Å². The molecule has 0 saturated carbocycles. The second-order valence-corrected chi connectivity index (χ2v) is 15.9. The average molecular weight is 881 g/mol. The van der Waals surface area contributed by atoms with Crippen molar-refractivity contribution in [3.63, 3.8) is 0 Å². The summed E-state index contributed by atoms with van der Waals surface area (Å²) in [6.07, 6.45) is -0.0122. The number of nitrogens with one attached hydrogen (secondary N) is 3. The number of amides is 6. The van der Waals surface area contributed by atoms with Gasteiger partial charge >= 0.3 is 0 Å². The standard InChI is InChI=1S/C49H48N6O10/c56-41-21-20-40(45(59)52-41)55-30-38-37(47(55)60)18-11-19-39(38)51-43(58)32-64-24-10-9-23-62-26-27-63-25-22-50-42(57)31-54-29-35-16-7-8-17-36(35)44-49(48(54)61,28-33-12-3-1-4-13-33)53-46(65-44)34-14-5-2-6-15-34/h1-8,11-19,40,44H,20-32H2,(H,50,57)(H,51,58)(H,52,56,59)/t40?,44-,49-/m0/s1. The van der Waals surface area contributed by atoms with Gasteiger partial charge in [-0.15, -0.1) is 0 Å². The zero-order valence-corrected chi connectivity index (χ0v) is 35.6. The molecule has 4 aromatic carbocycles. The molecule has 1 saturated heterocycles. The molecular formula is C49H48N6O10. The van der Waals surface area contributed by atoms with Gasteiger partial charge in [0, 0.05) is 60.4 Å². The van der Waals surface area contributed by atoms with Crippen LogP contribution in [0.15, 0.2) is 108 Å². The molecule has 16 heteroatoms. The van der Waals surface area contributed by atoms with E-state index in [9.17, 15) is 28.8 Å². The Morgan fingerprint density at radius 3 is 2.35 bits per heavy atom. The molecule has 6 amide bonds. The van der Waals surface area contributed by atoms with Crippen LogP contribution in [0.4, 0.5) is 5.69 Å². The summed E-state index contributed by atoms with van der Waals surface area (Å²) in [4.78, 5) is 85.8. The number of rotatable bonds is 17. The van der Waals surface area contributed by atoms with E-state index in [0.29, 0.717) is 22.7 Å². The number of hydrogen-bond donors (Lipinski definition) is 3. The average Bonchev–Trinajstić information content (AvgIpc) is 3.84. The van der Waals surface area contributed by atoms with Gasteiger partial charge in [0.2, 0.25) is 29.5 Å². The number of benzene rings is 4. The molecule has 4 aliphatic rings. The van der Waals surface area contributed by atoms with Crippen molar-refractivity contribution in [1.82, 2.24) is 20.4 Å². The van der Waals surface area contributed by atoms with Gasteiger partial charge in [0.1, 0.15) is 25.9 Å². The van der Waals surface area contributed by atoms with Crippen molar-refractivity contribution in [1.29, 1.82) is 0 Å². The highest BCUT2D eigenvalue weighted by molar-refractivity contribution is 6.07. The van der Waals surface area contributed by atoms with Crippen LogP contribution in [0.5, 0.6) is 0 Å². The second kappa shape index (κ2) is 20.5. The highest BCUT2D eigenvalue weighted by Gasteiger charge is 2.57. The Bertz CT molecular complexity index is 2540. The Hall–Kier alpha value is -7.19. The van der Waals surface area contributed by atoms with Gasteiger partial charge in [0.05, 0.1) is 26.4 Å². The first-order chi connectivity index (χ1) is 31.7.